The second kappa shape index (κ2) is 9.36. The topological polar surface area (TPSA) is 161 Å². The van der Waals surface area contributed by atoms with E-state index >= 15 is 0 Å². The first-order valence-electron chi connectivity index (χ1n) is 5.22. The minimum absolute atomic E-state index is 0.432. The van der Waals surface area contributed by atoms with Gasteiger partial charge in [-0.25, -0.2) is 28.8 Å². The summed E-state index contributed by atoms with van der Waals surface area (Å²) in [4.78, 5) is 63.9. The Balaban J connectivity index is 4.35. The Morgan fingerprint density at radius 2 is 0.727 bits per heavy atom. The number of hydrogen-bond acceptors (Lipinski definition) is 8. The van der Waals surface area contributed by atoms with Gasteiger partial charge >= 0.3 is 35.8 Å². The Morgan fingerprint density at radius 1 is 0.500 bits per heavy atom. The lowest BCUT2D eigenvalue weighted by Gasteiger charge is -1.95. The highest BCUT2D eigenvalue weighted by Gasteiger charge is 2.08. The number of hydrogen-bond donors (Lipinski definition) is 2. The maximum absolute atomic E-state index is 11.0. The van der Waals surface area contributed by atoms with Gasteiger partial charge in [0.05, 0.1) is 0 Å². The van der Waals surface area contributed by atoms with E-state index in [1.54, 1.807) is 0 Å². The van der Waals surface area contributed by atoms with E-state index < -0.39 is 35.8 Å². The molecule has 116 valence electrons. The molecule has 0 spiro atoms. The molecule has 0 rings (SSSR count). The summed E-state index contributed by atoms with van der Waals surface area (Å²) in [5, 5.41) is 16.4. The van der Waals surface area contributed by atoms with Crippen molar-refractivity contribution in [3.8, 4) is 0 Å². The third-order valence-corrected chi connectivity index (χ3v) is 1.48. The number of carboxylic acid groups (broad SMARTS) is 2. The van der Waals surface area contributed by atoms with Gasteiger partial charge in [-0.2, -0.15) is 0 Å². The van der Waals surface area contributed by atoms with Crippen LogP contribution < -0.4 is 0 Å². The number of ether oxygens (including phenoxy) is 2. The third-order valence-electron chi connectivity index (χ3n) is 1.48. The van der Waals surface area contributed by atoms with Crippen LogP contribution in [0, 0.1) is 0 Å². The molecule has 0 saturated heterocycles. The lowest BCUT2D eigenvalue weighted by molar-refractivity contribution is -0.155. The first-order chi connectivity index (χ1) is 10.2. The summed E-state index contributed by atoms with van der Waals surface area (Å²) in [6, 6.07) is 0. The van der Waals surface area contributed by atoms with Gasteiger partial charge in [-0.3, -0.25) is 0 Å². The first kappa shape index (κ1) is 18.4. The predicted molar refractivity (Wildman–Crippen MR) is 64.9 cm³/mol. The predicted octanol–water partition coefficient (Wildman–Crippen LogP) is -1.04. The Bertz CT molecular complexity index is 541. The first-order valence-corrected chi connectivity index (χ1v) is 5.22. The summed E-state index contributed by atoms with van der Waals surface area (Å²) in [6.45, 7) is 0. The second-order valence-corrected chi connectivity index (χ2v) is 3.16. The number of aliphatic carboxylic acids is 2. The van der Waals surface area contributed by atoms with E-state index in [-0.39, 0.29) is 0 Å². The van der Waals surface area contributed by atoms with Crippen LogP contribution in [0.15, 0.2) is 36.5 Å². The van der Waals surface area contributed by atoms with E-state index in [9.17, 15) is 28.8 Å². The van der Waals surface area contributed by atoms with Gasteiger partial charge in [-0.15, -0.1) is 0 Å². The minimum Gasteiger partial charge on any atom is -0.478 e. The van der Waals surface area contributed by atoms with Crippen molar-refractivity contribution in [3.05, 3.63) is 36.5 Å². The Morgan fingerprint density at radius 3 is 0.955 bits per heavy atom. The molecule has 0 aliphatic carbocycles. The highest BCUT2D eigenvalue weighted by molar-refractivity contribution is 6.03. The van der Waals surface area contributed by atoms with Gasteiger partial charge in [-0.1, -0.05) is 0 Å². The molecule has 22 heavy (non-hydrogen) atoms. The standard InChI is InChI=1S/C12H8O10/c13-7(14)1-3-9(17)21-11(19)5-6-12(20)22-10(18)4-2-8(15)16/h1-6H,(H,13,14)(H,15,16)/b3-1+,4-2+,6-5-. The van der Waals surface area contributed by atoms with E-state index in [0.717, 1.165) is 0 Å². The van der Waals surface area contributed by atoms with Crippen molar-refractivity contribution in [1.82, 2.24) is 0 Å². The summed E-state index contributed by atoms with van der Waals surface area (Å²) < 4.78 is 8.07. The number of carboxylic acids is 2. The third kappa shape index (κ3) is 10.4. The fraction of sp³-hybridized carbons (Fsp3) is 0. The van der Waals surface area contributed by atoms with Crippen molar-refractivity contribution < 1.29 is 48.5 Å². The van der Waals surface area contributed by atoms with Gasteiger partial charge in [0, 0.05) is 36.5 Å². The van der Waals surface area contributed by atoms with Crippen molar-refractivity contribution in [2.75, 3.05) is 0 Å². The molecule has 0 aromatic heterocycles. The number of rotatable bonds is 6. The van der Waals surface area contributed by atoms with E-state index in [1.807, 2.05) is 0 Å². The minimum atomic E-state index is -1.43. The maximum atomic E-state index is 11.0. The van der Waals surface area contributed by atoms with Gasteiger partial charge in [0.1, 0.15) is 0 Å². The summed E-state index contributed by atoms with van der Waals surface area (Å²) in [5.41, 5.74) is 0. The molecule has 0 bridgehead atoms. The lowest BCUT2D eigenvalue weighted by atomic mass is 10.4. The molecule has 0 aliphatic rings. The molecule has 0 saturated carbocycles. The molecule has 10 nitrogen and oxygen atoms in total. The zero-order valence-corrected chi connectivity index (χ0v) is 10.6. The zero-order chi connectivity index (χ0) is 17.1. The molecule has 0 aromatic carbocycles. The summed E-state index contributed by atoms with van der Waals surface area (Å²) >= 11 is 0. The zero-order valence-electron chi connectivity index (χ0n) is 10.6. The molecule has 0 aliphatic heterocycles. The summed E-state index contributed by atoms with van der Waals surface area (Å²) in [6.07, 6.45) is 2.69. The average Bonchev–Trinajstić information content (AvgIpc) is 2.40. The SMILES string of the molecule is O=C(O)/C=C/C(=O)OC(=O)/C=C\C(=O)OC(=O)/C=C/C(=O)O. The Labute approximate surface area is 121 Å². The van der Waals surface area contributed by atoms with Crippen LogP contribution in [-0.4, -0.2) is 46.0 Å². The largest absolute Gasteiger partial charge is 0.478 e. The second-order valence-electron chi connectivity index (χ2n) is 3.16. The van der Waals surface area contributed by atoms with Crippen LogP contribution in [-0.2, 0) is 38.2 Å². The normalized spacial score (nSPS) is 10.7. The van der Waals surface area contributed by atoms with Gasteiger partial charge in [0.2, 0.25) is 0 Å². The number of carbonyl (C=O) groups excluding carboxylic acids is 4. The molecule has 0 fully saturated rings. The van der Waals surface area contributed by atoms with E-state index in [0.29, 0.717) is 36.5 Å². The molecule has 10 heteroatoms. The smallest absolute Gasteiger partial charge is 0.338 e. The molecule has 0 aromatic rings. The van der Waals surface area contributed by atoms with Crippen LogP contribution >= 0.6 is 0 Å². The van der Waals surface area contributed by atoms with Crippen molar-refractivity contribution in [2.45, 2.75) is 0 Å². The Hall–Kier alpha value is -3.56. The average molecular weight is 312 g/mol. The van der Waals surface area contributed by atoms with E-state index in [2.05, 4.69) is 9.47 Å². The van der Waals surface area contributed by atoms with E-state index in [1.165, 1.54) is 0 Å². The molecule has 0 unspecified atom stereocenters. The van der Waals surface area contributed by atoms with Gasteiger partial charge in [0.15, 0.2) is 0 Å². The summed E-state index contributed by atoms with van der Waals surface area (Å²) in [7, 11) is 0. The molecule has 0 radical (unpaired) electrons. The van der Waals surface area contributed by atoms with Crippen LogP contribution in [0.2, 0.25) is 0 Å². The molecular weight excluding hydrogens is 304 g/mol. The van der Waals surface area contributed by atoms with Crippen molar-refractivity contribution in [3.63, 3.8) is 0 Å². The molecular formula is C12H8O10. The van der Waals surface area contributed by atoms with Crippen molar-refractivity contribution in [1.29, 1.82) is 0 Å². The fourth-order valence-corrected chi connectivity index (χ4v) is 0.749. The number of carbonyl (C=O) groups is 6. The van der Waals surface area contributed by atoms with Crippen molar-refractivity contribution in [2.24, 2.45) is 0 Å². The van der Waals surface area contributed by atoms with Crippen LogP contribution in [0.25, 0.3) is 0 Å². The quantitative estimate of drug-likeness (QED) is 0.352. The highest BCUT2D eigenvalue weighted by Crippen LogP contribution is 1.90. The lowest BCUT2D eigenvalue weighted by Crippen LogP contribution is -2.11. The van der Waals surface area contributed by atoms with Crippen molar-refractivity contribution >= 4 is 35.8 Å². The Kier molecular flexibility index (Phi) is 7.85. The van der Waals surface area contributed by atoms with E-state index in [4.69, 9.17) is 10.2 Å². The molecule has 0 amide bonds. The highest BCUT2D eigenvalue weighted by atomic mass is 16.6. The molecule has 2 N–H and O–H groups in total. The van der Waals surface area contributed by atoms with Gasteiger partial charge in [-0.05, 0) is 0 Å². The molecule has 0 heterocycles. The van der Waals surface area contributed by atoms with Crippen LogP contribution in [0.3, 0.4) is 0 Å². The van der Waals surface area contributed by atoms with Crippen LogP contribution in [0.4, 0.5) is 0 Å². The number of esters is 4. The summed E-state index contributed by atoms with van der Waals surface area (Å²) in [5.74, 6) is -8.07. The monoisotopic (exact) mass is 312 g/mol. The van der Waals surface area contributed by atoms with Gasteiger partial charge < -0.3 is 19.7 Å². The maximum Gasteiger partial charge on any atom is 0.338 e. The van der Waals surface area contributed by atoms with Gasteiger partial charge in [0.25, 0.3) is 0 Å². The molecule has 0 atom stereocenters. The van der Waals surface area contributed by atoms with Crippen LogP contribution in [0.5, 0.6) is 0 Å². The van der Waals surface area contributed by atoms with Crippen LogP contribution in [0.1, 0.15) is 0 Å². The fourth-order valence-electron chi connectivity index (χ4n) is 0.749.